The summed E-state index contributed by atoms with van der Waals surface area (Å²) >= 11 is 0. The molecule has 0 bridgehead atoms. The molecule has 6 nitrogen and oxygen atoms in total. The Morgan fingerprint density at radius 1 is 0.875 bits per heavy atom. The van der Waals surface area contributed by atoms with E-state index < -0.39 is 10.0 Å². The second-order valence-corrected chi connectivity index (χ2v) is 6.87. The molecule has 2 aromatic rings. The van der Waals surface area contributed by atoms with Crippen molar-refractivity contribution in [3.8, 4) is 0 Å². The molecule has 0 aromatic heterocycles. The Bertz CT molecular complexity index is 815. The first kappa shape index (κ1) is 17.8. The second kappa shape index (κ2) is 7.85. The van der Waals surface area contributed by atoms with Crippen LogP contribution in [0.3, 0.4) is 0 Å². The highest BCUT2D eigenvalue weighted by molar-refractivity contribution is 7.89. The quantitative estimate of drug-likeness (QED) is 0.588. The smallest absolute Gasteiger partial charge is 0.251 e. The van der Waals surface area contributed by atoms with Gasteiger partial charge in [0.15, 0.2) is 5.78 Å². The Kier molecular flexibility index (Phi) is 5.83. The van der Waals surface area contributed by atoms with Gasteiger partial charge in [0.1, 0.15) is 0 Å². The van der Waals surface area contributed by atoms with Gasteiger partial charge in [-0.15, -0.1) is 0 Å². The predicted molar refractivity (Wildman–Crippen MR) is 90.4 cm³/mol. The summed E-state index contributed by atoms with van der Waals surface area (Å²) in [5.41, 5.74) is 0.962. The van der Waals surface area contributed by atoms with Crippen LogP contribution in [-0.4, -0.2) is 33.2 Å². The van der Waals surface area contributed by atoms with E-state index in [2.05, 4.69) is 10.0 Å². The van der Waals surface area contributed by atoms with E-state index in [-0.39, 0.29) is 29.7 Å². The lowest BCUT2D eigenvalue weighted by atomic mass is 10.2. The van der Waals surface area contributed by atoms with Crippen molar-refractivity contribution in [1.82, 2.24) is 10.0 Å². The van der Waals surface area contributed by atoms with Crippen LogP contribution in [-0.2, 0) is 10.0 Å². The fourth-order valence-electron chi connectivity index (χ4n) is 2.01. The van der Waals surface area contributed by atoms with Crippen molar-refractivity contribution in [3.63, 3.8) is 0 Å². The maximum absolute atomic E-state index is 12.1. The standard InChI is InChI=1S/C17H18N2O4S/c1-13(20)14-7-9-16(10-8-14)24(22,23)19-12-11-18-17(21)15-5-3-2-4-6-15/h2-10,19H,11-12H2,1H3,(H,18,21). The minimum atomic E-state index is -3.68. The molecule has 0 atom stereocenters. The number of amides is 1. The van der Waals surface area contributed by atoms with Gasteiger partial charge in [-0.2, -0.15) is 0 Å². The van der Waals surface area contributed by atoms with Gasteiger partial charge >= 0.3 is 0 Å². The van der Waals surface area contributed by atoms with Crippen molar-refractivity contribution in [2.45, 2.75) is 11.8 Å². The molecule has 0 aliphatic carbocycles. The van der Waals surface area contributed by atoms with Gasteiger partial charge in [0.25, 0.3) is 5.91 Å². The Morgan fingerprint density at radius 2 is 1.50 bits per heavy atom. The van der Waals surface area contributed by atoms with Gasteiger partial charge in [-0.1, -0.05) is 30.3 Å². The van der Waals surface area contributed by atoms with Crippen LogP contribution in [0.4, 0.5) is 0 Å². The Balaban J connectivity index is 1.86. The molecule has 0 heterocycles. The van der Waals surface area contributed by atoms with Gasteiger partial charge in [-0.25, -0.2) is 13.1 Å². The lowest BCUT2D eigenvalue weighted by molar-refractivity contribution is 0.0953. The number of hydrogen-bond acceptors (Lipinski definition) is 4. The summed E-state index contributed by atoms with van der Waals surface area (Å²) in [4.78, 5) is 23.1. The van der Waals surface area contributed by atoms with Crippen LogP contribution in [0.1, 0.15) is 27.6 Å². The molecule has 1 amide bonds. The molecule has 0 spiro atoms. The Morgan fingerprint density at radius 3 is 2.08 bits per heavy atom. The zero-order chi connectivity index (χ0) is 17.6. The zero-order valence-corrected chi connectivity index (χ0v) is 14.0. The van der Waals surface area contributed by atoms with E-state index >= 15 is 0 Å². The summed E-state index contributed by atoms with van der Waals surface area (Å²) in [7, 11) is -3.68. The van der Waals surface area contributed by atoms with Crippen LogP contribution < -0.4 is 10.0 Å². The van der Waals surface area contributed by atoms with Crippen LogP contribution in [0, 0.1) is 0 Å². The SMILES string of the molecule is CC(=O)c1ccc(S(=O)(=O)NCCNC(=O)c2ccccc2)cc1. The third-order valence-corrected chi connectivity index (χ3v) is 4.79. The van der Waals surface area contributed by atoms with Crippen LogP contribution in [0.15, 0.2) is 59.5 Å². The van der Waals surface area contributed by atoms with Crippen LogP contribution in [0.25, 0.3) is 0 Å². The first-order chi connectivity index (χ1) is 11.4. The summed E-state index contributed by atoms with van der Waals surface area (Å²) in [5, 5.41) is 2.64. The number of Topliss-reactive ketones (excluding diaryl/α,β-unsaturated/α-hetero) is 1. The van der Waals surface area contributed by atoms with E-state index in [1.165, 1.54) is 31.2 Å². The van der Waals surface area contributed by atoms with Crippen molar-refractivity contribution < 1.29 is 18.0 Å². The third-order valence-electron chi connectivity index (χ3n) is 3.31. The Labute approximate surface area is 140 Å². The van der Waals surface area contributed by atoms with Gasteiger partial charge in [-0.05, 0) is 31.2 Å². The monoisotopic (exact) mass is 346 g/mol. The fraction of sp³-hybridized carbons (Fsp3) is 0.176. The highest BCUT2D eigenvalue weighted by Crippen LogP contribution is 2.10. The van der Waals surface area contributed by atoms with Gasteiger partial charge in [0.2, 0.25) is 10.0 Å². The van der Waals surface area contributed by atoms with Crippen molar-refractivity contribution >= 4 is 21.7 Å². The Hall–Kier alpha value is -2.51. The van der Waals surface area contributed by atoms with E-state index in [1.54, 1.807) is 24.3 Å². The molecule has 2 N–H and O–H groups in total. The van der Waals surface area contributed by atoms with E-state index in [4.69, 9.17) is 0 Å². The van der Waals surface area contributed by atoms with Crippen molar-refractivity contribution in [1.29, 1.82) is 0 Å². The molecule has 0 fully saturated rings. The number of carbonyl (C=O) groups is 2. The van der Waals surface area contributed by atoms with Crippen LogP contribution in [0.5, 0.6) is 0 Å². The number of ketones is 1. The molecule has 2 rings (SSSR count). The summed E-state index contributed by atoms with van der Waals surface area (Å²) in [6.45, 7) is 1.64. The second-order valence-electron chi connectivity index (χ2n) is 5.10. The van der Waals surface area contributed by atoms with Crippen molar-refractivity contribution in [2.75, 3.05) is 13.1 Å². The first-order valence-corrected chi connectivity index (χ1v) is 8.82. The van der Waals surface area contributed by atoms with E-state index in [9.17, 15) is 18.0 Å². The van der Waals surface area contributed by atoms with E-state index in [0.29, 0.717) is 11.1 Å². The summed E-state index contributed by atoms with van der Waals surface area (Å²) < 4.78 is 26.6. The third kappa shape index (κ3) is 4.74. The number of hydrogen-bond donors (Lipinski definition) is 2. The minimum absolute atomic E-state index is 0.0648. The first-order valence-electron chi connectivity index (χ1n) is 7.34. The van der Waals surface area contributed by atoms with Gasteiger partial charge in [0.05, 0.1) is 4.90 Å². The molecule has 2 aromatic carbocycles. The molecule has 0 saturated heterocycles. The van der Waals surface area contributed by atoms with Gasteiger partial charge in [0, 0.05) is 24.2 Å². The molecule has 7 heteroatoms. The van der Waals surface area contributed by atoms with Gasteiger partial charge in [-0.3, -0.25) is 9.59 Å². The predicted octanol–water partition coefficient (Wildman–Crippen LogP) is 1.60. The van der Waals surface area contributed by atoms with E-state index in [0.717, 1.165) is 0 Å². The lowest BCUT2D eigenvalue weighted by Gasteiger charge is -2.08. The summed E-state index contributed by atoms with van der Waals surface area (Å²) in [6, 6.07) is 14.4. The maximum atomic E-state index is 12.1. The largest absolute Gasteiger partial charge is 0.351 e. The van der Waals surface area contributed by atoms with Crippen LogP contribution >= 0.6 is 0 Å². The average Bonchev–Trinajstić information content (AvgIpc) is 2.59. The highest BCUT2D eigenvalue weighted by atomic mass is 32.2. The number of rotatable bonds is 7. The molecule has 126 valence electrons. The van der Waals surface area contributed by atoms with Gasteiger partial charge < -0.3 is 5.32 Å². The van der Waals surface area contributed by atoms with Crippen molar-refractivity contribution in [3.05, 3.63) is 65.7 Å². The molecule has 0 aliphatic heterocycles. The molecule has 0 radical (unpaired) electrons. The number of benzene rings is 2. The normalized spacial score (nSPS) is 11.0. The lowest BCUT2D eigenvalue weighted by Crippen LogP contribution is -2.34. The number of sulfonamides is 1. The minimum Gasteiger partial charge on any atom is -0.351 e. The van der Waals surface area contributed by atoms with E-state index in [1.807, 2.05) is 6.07 Å². The highest BCUT2D eigenvalue weighted by Gasteiger charge is 2.14. The van der Waals surface area contributed by atoms with Crippen LogP contribution in [0.2, 0.25) is 0 Å². The molecule has 24 heavy (non-hydrogen) atoms. The molecule has 0 saturated carbocycles. The summed E-state index contributed by atoms with van der Waals surface area (Å²) in [5.74, 6) is -0.392. The molecular weight excluding hydrogens is 328 g/mol. The number of nitrogens with one attached hydrogen (secondary N) is 2. The average molecular weight is 346 g/mol. The van der Waals surface area contributed by atoms with Crippen molar-refractivity contribution in [2.24, 2.45) is 0 Å². The fourth-order valence-corrected chi connectivity index (χ4v) is 3.04. The summed E-state index contributed by atoms with van der Waals surface area (Å²) in [6.07, 6.45) is 0. The number of carbonyl (C=O) groups excluding carboxylic acids is 2. The molecule has 0 unspecified atom stereocenters. The zero-order valence-electron chi connectivity index (χ0n) is 13.2. The topological polar surface area (TPSA) is 92.3 Å². The maximum Gasteiger partial charge on any atom is 0.251 e. The molecule has 0 aliphatic rings. The molecular formula is C17H18N2O4S.